The molecular formula is C6H8O4. The van der Waals surface area contributed by atoms with Crippen LogP contribution >= 0.6 is 0 Å². The van der Waals surface area contributed by atoms with Crippen LogP contribution in [0.2, 0.25) is 0 Å². The van der Waals surface area contributed by atoms with Crippen LogP contribution in [-0.2, 0) is 14.4 Å². The summed E-state index contributed by atoms with van der Waals surface area (Å²) in [5.74, 6) is -4.04. The highest BCUT2D eigenvalue weighted by Gasteiger charge is 2.23. The lowest BCUT2D eigenvalue weighted by Crippen LogP contribution is -2.25. The maximum Gasteiger partial charge on any atom is 0.372 e. The molecule has 0 spiro atoms. The molecule has 1 N–H and O–H groups in total. The fraction of sp³-hybridized carbons (Fsp3) is 0.500. The summed E-state index contributed by atoms with van der Waals surface area (Å²) in [6.07, 6.45) is 0. The topological polar surface area (TPSA) is 71.4 Å². The molecule has 0 aliphatic heterocycles. The van der Waals surface area contributed by atoms with Crippen LogP contribution in [0, 0.1) is 5.92 Å². The highest BCUT2D eigenvalue weighted by Crippen LogP contribution is 1.97. The maximum absolute atomic E-state index is 10.5. The molecule has 0 saturated heterocycles. The second-order valence-corrected chi connectivity index (χ2v) is 2.00. The average Bonchev–Trinajstić information content (AvgIpc) is 1.84. The van der Waals surface area contributed by atoms with Crippen molar-refractivity contribution in [2.45, 2.75) is 13.8 Å². The van der Waals surface area contributed by atoms with Crippen molar-refractivity contribution in [3.8, 4) is 0 Å². The summed E-state index contributed by atoms with van der Waals surface area (Å²) in [5, 5.41) is 8.10. The zero-order chi connectivity index (χ0) is 8.31. The van der Waals surface area contributed by atoms with Crippen LogP contribution in [0.15, 0.2) is 0 Å². The molecular weight excluding hydrogens is 136 g/mol. The number of carbonyl (C=O) groups is 3. The van der Waals surface area contributed by atoms with Crippen molar-refractivity contribution in [1.29, 1.82) is 0 Å². The minimum absolute atomic E-state index is 0.424. The van der Waals surface area contributed by atoms with Gasteiger partial charge in [0, 0.05) is 0 Å². The average molecular weight is 144 g/mol. The third-order valence-corrected chi connectivity index (χ3v) is 1.21. The van der Waals surface area contributed by atoms with Gasteiger partial charge < -0.3 is 5.11 Å². The van der Waals surface area contributed by atoms with E-state index in [1.165, 1.54) is 13.8 Å². The van der Waals surface area contributed by atoms with Crippen molar-refractivity contribution in [1.82, 2.24) is 0 Å². The van der Waals surface area contributed by atoms with Gasteiger partial charge in [0.15, 0.2) is 0 Å². The lowest BCUT2D eigenvalue weighted by Gasteiger charge is -1.99. The zero-order valence-electron chi connectivity index (χ0n) is 5.75. The molecule has 1 unspecified atom stereocenters. The number of carbonyl (C=O) groups excluding carboxylic acids is 2. The molecule has 1 atom stereocenters. The number of rotatable bonds is 3. The van der Waals surface area contributed by atoms with Crippen LogP contribution in [-0.4, -0.2) is 22.6 Å². The summed E-state index contributed by atoms with van der Waals surface area (Å²) in [6, 6.07) is 0. The number of Topliss-reactive ketones (excluding diaryl/α,β-unsaturated/α-hetero) is 2. The van der Waals surface area contributed by atoms with E-state index in [4.69, 9.17) is 5.11 Å². The van der Waals surface area contributed by atoms with Crippen molar-refractivity contribution in [2.75, 3.05) is 0 Å². The van der Waals surface area contributed by atoms with Crippen LogP contribution in [0.3, 0.4) is 0 Å². The Morgan fingerprint density at radius 3 is 1.80 bits per heavy atom. The van der Waals surface area contributed by atoms with Crippen LogP contribution in [0.4, 0.5) is 0 Å². The Hall–Kier alpha value is -1.19. The van der Waals surface area contributed by atoms with Crippen molar-refractivity contribution < 1.29 is 19.5 Å². The molecule has 4 nitrogen and oxygen atoms in total. The zero-order valence-corrected chi connectivity index (χ0v) is 5.75. The quantitative estimate of drug-likeness (QED) is 0.442. The van der Waals surface area contributed by atoms with Crippen molar-refractivity contribution >= 4 is 17.5 Å². The molecule has 0 aliphatic rings. The van der Waals surface area contributed by atoms with E-state index in [1.807, 2.05) is 0 Å². The Morgan fingerprint density at radius 1 is 1.30 bits per heavy atom. The maximum atomic E-state index is 10.5. The summed E-state index contributed by atoms with van der Waals surface area (Å²) in [6.45, 7) is 2.46. The van der Waals surface area contributed by atoms with E-state index in [9.17, 15) is 14.4 Å². The van der Waals surface area contributed by atoms with Crippen molar-refractivity contribution in [3.05, 3.63) is 0 Å². The first-order valence-corrected chi connectivity index (χ1v) is 2.74. The highest BCUT2D eigenvalue weighted by molar-refractivity contribution is 6.37. The van der Waals surface area contributed by atoms with Gasteiger partial charge in [-0.15, -0.1) is 0 Å². The number of aliphatic carboxylic acids is 1. The van der Waals surface area contributed by atoms with Crippen molar-refractivity contribution in [3.63, 3.8) is 0 Å². The first-order valence-electron chi connectivity index (χ1n) is 2.74. The summed E-state index contributed by atoms with van der Waals surface area (Å²) in [7, 11) is 0. The normalized spacial score (nSPS) is 12.2. The third kappa shape index (κ3) is 1.97. The molecule has 0 aromatic carbocycles. The molecule has 0 amide bonds. The highest BCUT2D eigenvalue weighted by atomic mass is 16.4. The number of carboxylic acids is 1. The van der Waals surface area contributed by atoms with Gasteiger partial charge in [0.25, 0.3) is 0 Å². The summed E-state index contributed by atoms with van der Waals surface area (Å²) < 4.78 is 0. The molecule has 0 saturated carbocycles. The third-order valence-electron chi connectivity index (χ3n) is 1.21. The lowest BCUT2D eigenvalue weighted by molar-refractivity contribution is -0.152. The molecule has 0 aliphatic carbocycles. The van der Waals surface area contributed by atoms with Gasteiger partial charge >= 0.3 is 5.97 Å². The minimum Gasteiger partial charge on any atom is -0.475 e. The van der Waals surface area contributed by atoms with Gasteiger partial charge in [-0.25, -0.2) is 4.79 Å². The largest absolute Gasteiger partial charge is 0.475 e. The first-order chi connectivity index (χ1) is 4.46. The van der Waals surface area contributed by atoms with Gasteiger partial charge in [0.05, 0.1) is 5.92 Å². The first kappa shape index (κ1) is 8.81. The Bertz CT molecular complexity index is 182. The lowest BCUT2D eigenvalue weighted by atomic mass is 10.0. The second kappa shape index (κ2) is 3.10. The van der Waals surface area contributed by atoms with Crippen LogP contribution < -0.4 is 0 Å². The van der Waals surface area contributed by atoms with E-state index in [0.717, 1.165) is 0 Å². The molecule has 0 bridgehead atoms. The molecule has 0 heterocycles. The van der Waals surface area contributed by atoms with E-state index in [1.54, 1.807) is 0 Å². The summed E-state index contributed by atoms with van der Waals surface area (Å²) in [5.41, 5.74) is 0. The SMILES string of the molecule is CC(=O)C(C)C(=O)C(=O)O. The van der Waals surface area contributed by atoms with Gasteiger partial charge in [-0.3, -0.25) is 9.59 Å². The van der Waals surface area contributed by atoms with Crippen LogP contribution in [0.1, 0.15) is 13.8 Å². The van der Waals surface area contributed by atoms with Gasteiger partial charge in [-0.05, 0) is 13.8 Å². The van der Waals surface area contributed by atoms with Gasteiger partial charge in [-0.2, -0.15) is 0 Å². The number of hydrogen-bond acceptors (Lipinski definition) is 3. The summed E-state index contributed by atoms with van der Waals surface area (Å²) in [4.78, 5) is 30.8. The standard InChI is InChI=1S/C6H8O4/c1-3(4(2)7)5(8)6(9)10/h3H,1-2H3,(H,9,10). The second-order valence-electron chi connectivity index (χ2n) is 2.00. The monoisotopic (exact) mass is 144 g/mol. The Kier molecular flexibility index (Phi) is 2.73. The van der Waals surface area contributed by atoms with E-state index in [-0.39, 0.29) is 0 Å². The molecule has 4 heteroatoms. The smallest absolute Gasteiger partial charge is 0.372 e. The Balaban J connectivity index is 4.22. The molecule has 0 fully saturated rings. The molecule has 0 aromatic rings. The fourth-order valence-corrected chi connectivity index (χ4v) is 0.370. The van der Waals surface area contributed by atoms with Crippen LogP contribution in [0.5, 0.6) is 0 Å². The van der Waals surface area contributed by atoms with E-state index in [2.05, 4.69) is 0 Å². The van der Waals surface area contributed by atoms with E-state index < -0.39 is 23.5 Å². The van der Waals surface area contributed by atoms with Gasteiger partial charge in [0.2, 0.25) is 5.78 Å². The predicted octanol–water partition coefficient (Wildman–Crippen LogP) is -0.135. The summed E-state index contributed by atoms with van der Waals surface area (Å²) >= 11 is 0. The number of ketones is 2. The van der Waals surface area contributed by atoms with Gasteiger partial charge in [0.1, 0.15) is 5.78 Å². The van der Waals surface area contributed by atoms with Gasteiger partial charge in [-0.1, -0.05) is 0 Å². The molecule has 0 rings (SSSR count). The minimum atomic E-state index is -1.55. The molecule has 56 valence electrons. The number of carboxylic acid groups (broad SMARTS) is 1. The van der Waals surface area contributed by atoms with Crippen molar-refractivity contribution in [2.24, 2.45) is 5.92 Å². The van der Waals surface area contributed by atoms with E-state index >= 15 is 0 Å². The van der Waals surface area contributed by atoms with E-state index in [0.29, 0.717) is 0 Å². The molecule has 0 radical (unpaired) electrons. The predicted molar refractivity (Wildman–Crippen MR) is 32.5 cm³/mol. The molecule has 10 heavy (non-hydrogen) atoms. The Labute approximate surface area is 57.8 Å². The Morgan fingerprint density at radius 2 is 1.70 bits per heavy atom. The molecule has 0 aromatic heterocycles. The number of hydrogen-bond donors (Lipinski definition) is 1. The fourth-order valence-electron chi connectivity index (χ4n) is 0.370. The van der Waals surface area contributed by atoms with Crippen LogP contribution in [0.25, 0.3) is 0 Å².